The number of hydrogen-bond donors (Lipinski definition) is 1. The molecule has 2 aromatic heterocycles. The van der Waals surface area contributed by atoms with Crippen LogP contribution < -0.4 is 0 Å². The molecule has 1 unspecified atom stereocenters. The summed E-state index contributed by atoms with van der Waals surface area (Å²) in [6, 6.07) is 3.99. The van der Waals surface area contributed by atoms with Crippen LogP contribution >= 0.6 is 23.1 Å². The first-order valence-corrected chi connectivity index (χ1v) is 5.45. The lowest BCUT2D eigenvalue weighted by Crippen LogP contribution is -2.00. The number of hydrogen-bond acceptors (Lipinski definition) is 5. The van der Waals surface area contributed by atoms with Gasteiger partial charge in [-0.05, 0) is 11.4 Å². The molecule has 2 heterocycles. The second kappa shape index (κ2) is 3.95. The van der Waals surface area contributed by atoms with Gasteiger partial charge in [-0.1, -0.05) is 6.07 Å². The van der Waals surface area contributed by atoms with E-state index in [0.717, 1.165) is 11.7 Å². The van der Waals surface area contributed by atoms with Crippen molar-refractivity contribution in [3.05, 3.63) is 34.3 Å². The van der Waals surface area contributed by atoms with E-state index < -0.39 is 6.10 Å². The average molecular weight is 212 g/mol. The zero-order chi connectivity index (χ0) is 9.10. The maximum Gasteiger partial charge on any atom is 0.103 e. The van der Waals surface area contributed by atoms with Crippen molar-refractivity contribution in [3.8, 4) is 0 Å². The van der Waals surface area contributed by atoms with Gasteiger partial charge in [-0.3, -0.25) is 0 Å². The molecule has 2 aromatic rings. The lowest BCUT2D eigenvalue weighted by molar-refractivity contribution is 0.175. The highest BCUT2D eigenvalue weighted by Crippen LogP contribution is 2.19. The quantitative estimate of drug-likeness (QED) is 0.845. The summed E-state index contributed by atoms with van der Waals surface area (Å²) in [5, 5.41) is 11.7. The number of aliphatic hydroxyl groups is 1. The molecule has 0 fully saturated rings. The summed E-state index contributed by atoms with van der Waals surface area (Å²) in [5.41, 5.74) is 0.665. The van der Waals surface area contributed by atoms with Crippen molar-refractivity contribution < 1.29 is 5.11 Å². The molecule has 1 N–H and O–H groups in total. The first-order valence-electron chi connectivity index (χ1n) is 3.84. The van der Waals surface area contributed by atoms with Crippen LogP contribution in [-0.2, 0) is 6.42 Å². The molecule has 5 heteroatoms. The fraction of sp³-hybridized carbons (Fsp3) is 0.250. The Labute approximate surface area is 84.0 Å². The molecular weight excluding hydrogens is 204 g/mol. The van der Waals surface area contributed by atoms with Gasteiger partial charge in [-0.2, -0.15) is 8.75 Å². The third-order valence-corrected chi connectivity index (χ3v) is 3.09. The van der Waals surface area contributed by atoms with Gasteiger partial charge in [-0.25, -0.2) is 0 Å². The number of nitrogens with zero attached hydrogens (tertiary/aromatic N) is 2. The Balaban J connectivity index is 2.04. The second-order valence-corrected chi connectivity index (χ2v) is 4.22. The van der Waals surface area contributed by atoms with E-state index >= 15 is 0 Å². The van der Waals surface area contributed by atoms with Gasteiger partial charge in [0.25, 0.3) is 0 Å². The Hall–Kier alpha value is -0.780. The first kappa shape index (κ1) is 8.80. The van der Waals surface area contributed by atoms with Gasteiger partial charge in [0.05, 0.1) is 17.9 Å². The number of aromatic nitrogens is 2. The third-order valence-electron chi connectivity index (χ3n) is 1.69. The molecule has 2 rings (SSSR count). The van der Waals surface area contributed by atoms with E-state index in [4.69, 9.17) is 0 Å². The van der Waals surface area contributed by atoms with Gasteiger partial charge in [0.15, 0.2) is 0 Å². The predicted molar refractivity (Wildman–Crippen MR) is 52.9 cm³/mol. The zero-order valence-corrected chi connectivity index (χ0v) is 8.38. The fourth-order valence-corrected chi connectivity index (χ4v) is 2.25. The minimum atomic E-state index is -0.516. The lowest BCUT2D eigenvalue weighted by Gasteiger charge is -2.03. The molecule has 0 bridgehead atoms. The first-order chi connectivity index (χ1) is 6.36. The molecule has 0 radical (unpaired) electrons. The van der Waals surface area contributed by atoms with E-state index in [-0.39, 0.29) is 0 Å². The molecular formula is C8H8N2OS2. The summed E-state index contributed by atoms with van der Waals surface area (Å²) in [6.45, 7) is 0. The topological polar surface area (TPSA) is 46.0 Å². The van der Waals surface area contributed by atoms with Crippen molar-refractivity contribution in [2.75, 3.05) is 0 Å². The largest absolute Gasteiger partial charge is 0.386 e. The van der Waals surface area contributed by atoms with Crippen LogP contribution in [0.15, 0.2) is 23.7 Å². The number of thiophene rings is 1. The van der Waals surface area contributed by atoms with Gasteiger partial charge in [-0.15, -0.1) is 11.3 Å². The summed E-state index contributed by atoms with van der Waals surface area (Å²) >= 11 is 2.77. The highest BCUT2D eigenvalue weighted by molar-refractivity contribution is 7.09. The molecule has 13 heavy (non-hydrogen) atoms. The molecule has 0 amide bonds. The van der Waals surface area contributed by atoms with Crippen molar-refractivity contribution in [1.82, 2.24) is 8.75 Å². The fourth-order valence-electron chi connectivity index (χ4n) is 1.04. The monoisotopic (exact) mass is 212 g/mol. The van der Waals surface area contributed by atoms with E-state index in [0.29, 0.717) is 12.1 Å². The van der Waals surface area contributed by atoms with Crippen LogP contribution in [0.2, 0.25) is 0 Å². The van der Waals surface area contributed by atoms with Crippen LogP contribution in [-0.4, -0.2) is 13.9 Å². The molecule has 0 saturated carbocycles. The molecule has 0 spiro atoms. The van der Waals surface area contributed by atoms with E-state index in [2.05, 4.69) is 8.75 Å². The molecule has 0 saturated heterocycles. The lowest BCUT2D eigenvalue weighted by atomic mass is 10.2. The van der Waals surface area contributed by atoms with E-state index in [9.17, 15) is 5.11 Å². The van der Waals surface area contributed by atoms with Crippen molar-refractivity contribution in [2.45, 2.75) is 12.5 Å². The minimum absolute atomic E-state index is 0.516. The predicted octanol–water partition coefficient (Wildman–Crippen LogP) is 1.88. The number of aliphatic hydroxyl groups excluding tert-OH is 1. The van der Waals surface area contributed by atoms with Crippen LogP contribution in [0, 0.1) is 0 Å². The van der Waals surface area contributed by atoms with Gasteiger partial charge < -0.3 is 5.11 Å². The Bertz CT molecular complexity index is 344. The van der Waals surface area contributed by atoms with Crippen molar-refractivity contribution in [3.63, 3.8) is 0 Å². The smallest absolute Gasteiger partial charge is 0.103 e. The van der Waals surface area contributed by atoms with E-state index in [1.807, 2.05) is 17.5 Å². The van der Waals surface area contributed by atoms with Crippen molar-refractivity contribution in [1.29, 1.82) is 0 Å². The van der Waals surface area contributed by atoms with Gasteiger partial charge in [0, 0.05) is 11.3 Å². The van der Waals surface area contributed by atoms with Crippen LogP contribution in [0.3, 0.4) is 0 Å². The zero-order valence-electron chi connectivity index (χ0n) is 6.75. The Morgan fingerprint density at radius 2 is 2.46 bits per heavy atom. The molecule has 0 aliphatic heterocycles. The maximum absolute atomic E-state index is 9.69. The summed E-state index contributed by atoms with van der Waals surface area (Å²) < 4.78 is 7.83. The van der Waals surface area contributed by atoms with Crippen molar-refractivity contribution in [2.24, 2.45) is 0 Å². The third kappa shape index (κ3) is 2.12. The van der Waals surface area contributed by atoms with Crippen LogP contribution in [0.25, 0.3) is 0 Å². The summed E-state index contributed by atoms with van der Waals surface area (Å²) in [6.07, 6.45) is 1.73. The molecule has 0 aliphatic rings. The Morgan fingerprint density at radius 1 is 1.54 bits per heavy atom. The highest BCUT2D eigenvalue weighted by atomic mass is 32.1. The Kier molecular flexibility index (Phi) is 2.68. The van der Waals surface area contributed by atoms with E-state index in [1.165, 1.54) is 4.88 Å². The van der Waals surface area contributed by atoms with Gasteiger partial charge >= 0.3 is 0 Å². The van der Waals surface area contributed by atoms with Crippen molar-refractivity contribution >= 4 is 23.1 Å². The Morgan fingerprint density at radius 3 is 3.08 bits per heavy atom. The van der Waals surface area contributed by atoms with Crippen LogP contribution in [0.1, 0.15) is 16.7 Å². The normalized spacial score (nSPS) is 13.0. The van der Waals surface area contributed by atoms with Crippen LogP contribution in [0.5, 0.6) is 0 Å². The molecule has 3 nitrogen and oxygen atoms in total. The molecule has 68 valence electrons. The SMILES string of the molecule is OC(Cc1cccs1)c1cnsn1. The molecule has 0 aliphatic carbocycles. The van der Waals surface area contributed by atoms with Gasteiger partial charge in [0.1, 0.15) is 11.8 Å². The maximum atomic E-state index is 9.69. The highest BCUT2D eigenvalue weighted by Gasteiger charge is 2.11. The molecule has 1 atom stereocenters. The van der Waals surface area contributed by atoms with Gasteiger partial charge in [0.2, 0.25) is 0 Å². The minimum Gasteiger partial charge on any atom is -0.386 e. The number of rotatable bonds is 3. The summed E-state index contributed by atoms with van der Waals surface area (Å²) in [4.78, 5) is 1.17. The summed E-state index contributed by atoms with van der Waals surface area (Å²) in [7, 11) is 0. The standard InChI is InChI=1S/C8H8N2OS2/c11-8(7-5-9-13-10-7)4-6-2-1-3-12-6/h1-3,5,8,11H,4H2. The second-order valence-electron chi connectivity index (χ2n) is 2.63. The molecule has 0 aromatic carbocycles. The average Bonchev–Trinajstić information content (AvgIpc) is 2.74. The summed E-state index contributed by atoms with van der Waals surface area (Å²) in [5.74, 6) is 0. The van der Waals surface area contributed by atoms with Crippen LogP contribution in [0.4, 0.5) is 0 Å². The van der Waals surface area contributed by atoms with E-state index in [1.54, 1.807) is 17.5 Å².